The van der Waals surface area contributed by atoms with E-state index in [1.807, 2.05) is 25.1 Å². The van der Waals surface area contributed by atoms with Gasteiger partial charge in [0.25, 0.3) is 0 Å². The van der Waals surface area contributed by atoms with Crippen molar-refractivity contribution in [2.75, 3.05) is 5.32 Å². The molecule has 3 rings (SSSR count). The highest BCUT2D eigenvalue weighted by Gasteiger charge is 2.25. The topological polar surface area (TPSA) is 41.1 Å². The molecule has 0 saturated heterocycles. The Morgan fingerprint density at radius 2 is 1.89 bits per heavy atom. The van der Waals surface area contributed by atoms with Gasteiger partial charge in [-0.3, -0.25) is 4.79 Å². The van der Waals surface area contributed by atoms with Gasteiger partial charge in [-0.1, -0.05) is 30.3 Å². The number of carbonyl (C=O) groups is 1. The van der Waals surface area contributed by atoms with E-state index >= 15 is 0 Å². The summed E-state index contributed by atoms with van der Waals surface area (Å²) in [6.45, 7) is 1.90. The first-order valence-electron chi connectivity index (χ1n) is 6.78. The maximum atomic E-state index is 11.9. The Bertz CT molecular complexity index is 604. The zero-order valence-electron chi connectivity index (χ0n) is 11.0. The highest BCUT2D eigenvalue weighted by atomic mass is 16.2. The van der Waals surface area contributed by atoms with Crippen LogP contribution in [0.15, 0.2) is 42.5 Å². The van der Waals surface area contributed by atoms with Crippen LogP contribution in [0.2, 0.25) is 0 Å². The summed E-state index contributed by atoms with van der Waals surface area (Å²) in [7, 11) is 0. The van der Waals surface area contributed by atoms with Gasteiger partial charge in [0, 0.05) is 11.7 Å². The summed E-state index contributed by atoms with van der Waals surface area (Å²) in [5.74, 6) is 0.0793. The minimum atomic E-state index is -0.207. The minimum Gasteiger partial charge on any atom is -0.374 e. The average Bonchev–Trinajstić information content (AvgIpc) is 3.22. The molecule has 1 amide bonds. The molecule has 2 aromatic rings. The zero-order valence-corrected chi connectivity index (χ0v) is 11.0. The number of rotatable bonds is 4. The fraction of sp³-hybridized carbons (Fsp3) is 0.312. The molecule has 98 valence electrons. The second-order valence-corrected chi connectivity index (χ2v) is 5.21. The molecule has 1 aliphatic carbocycles. The second kappa shape index (κ2) is 4.92. The number of anilines is 1. The van der Waals surface area contributed by atoms with Crippen LogP contribution in [0.1, 0.15) is 19.8 Å². The second-order valence-electron chi connectivity index (χ2n) is 5.21. The smallest absolute Gasteiger partial charge is 0.242 e. The van der Waals surface area contributed by atoms with Crippen LogP contribution >= 0.6 is 0 Å². The fourth-order valence-corrected chi connectivity index (χ4v) is 2.15. The summed E-state index contributed by atoms with van der Waals surface area (Å²) in [4.78, 5) is 11.9. The molecule has 1 fully saturated rings. The van der Waals surface area contributed by atoms with Crippen molar-refractivity contribution in [1.29, 1.82) is 0 Å². The van der Waals surface area contributed by atoms with E-state index in [4.69, 9.17) is 0 Å². The molecule has 0 spiro atoms. The quantitative estimate of drug-likeness (QED) is 0.880. The van der Waals surface area contributed by atoms with Crippen molar-refractivity contribution in [1.82, 2.24) is 5.32 Å². The van der Waals surface area contributed by atoms with E-state index in [1.165, 1.54) is 10.8 Å². The van der Waals surface area contributed by atoms with Crippen LogP contribution in [0.5, 0.6) is 0 Å². The Morgan fingerprint density at radius 3 is 2.63 bits per heavy atom. The van der Waals surface area contributed by atoms with E-state index in [-0.39, 0.29) is 11.9 Å². The van der Waals surface area contributed by atoms with Gasteiger partial charge in [0.05, 0.1) is 0 Å². The summed E-state index contributed by atoms with van der Waals surface area (Å²) >= 11 is 0. The van der Waals surface area contributed by atoms with Gasteiger partial charge >= 0.3 is 0 Å². The molecule has 0 heterocycles. The molecule has 3 nitrogen and oxygen atoms in total. The molecule has 19 heavy (non-hydrogen) atoms. The van der Waals surface area contributed by atoms with Crippen LogP contribution < -0.4 is 10.6 Å². The van der Waals surface area contributed by atoms with Crippen molar-refractivity contribution in [3.8, 4) is 0 Å². The molecule has 0 bridgehead atoms. The van der Waals surface area contributed by atoms with E-state index in [2.05, 4.69) is 34.9 Å². The normalized spacial score (nSPS) is 16.1. The third-order valence-corrected chi connectivity index (χ3v) is 3.45. The monoisotopic (exact) mass is 254 g/mol. The number of nitrogens with one attached hydrogen (secondary N) is 2. The first kappa shape index (κ1) is 12.0. The summed E-state index contributed by atoms with van der Waals surface area (Å²) in [5.41, 5.74) is 0.983. The molecule has 1 saturated carbocycles. The molecule has 0 aliphatic heterocycles. The van der Waals surface area contributed by atoms with Gasteiger partial charge in [0.2, 0.25) is 5.91 Å². The maximum absolute atomic E-state index is 11.9. The van der Waals surface area contributed by atoms with E-state index in [0.29, 0.717) is 6.04 Å². The predicted molar refractivity (Wildman–Crippen MR) is 78.2 cm³/mol. The first-order valence-corrected chi connectivity index (χ1v) is 6.78. The molecule has 0 radical (unpaired) electrons. The van der Waals surface area contributed by atoms with Gasteiger partial charge in [-0.15, -0.1) is 0 Å². The molecular formula is C16H18N2O. The van der Waals surface area contributed by atoms with E-state index in [0.717, 1.165) is 18.5 Å². The van der Waals surface area contributed by atoms with Gasteiger partial charge in [0.1, 0.15) is 6.04 Å². The van der Waals surface area contributed by atoms with Crippen molar-refractivity contribution in [3.63, 3.8) is 0 Å². The van der Waals surface area contributed by atoms with Crippen molar-refractivity contribution < 1.29 is 4.79 Å². The number of hydrogen-bond acceptors (Lipinski definition) is 2. The summed E-state index contributed by atoms with van der Waals surface area (Å²) in [6.07, 6.45) is 2.24. The van der Waals surface area contributed by atoms with Gasteiger partial charge in [-0.2, -0.15) is 0 Å². The maximum Gasteiger partial charge on any atom is 0.242 e. The lowest BCUT2D eigenvalue weighted by Crippen LogP contribution is -2.38. The third kappa shape index (κ3) is 2.87. The highest BCUT2D eigenvalue weighted by Crippen LogP contribution is 2.21. The summed E-state index contributed by atoms with van der Waals surface area (Å²) < 4.78 is 0. The van der Waals surface area contributed by atoms with Crippen LogP contribution in [-0.4, -0.2) is 18.0 Å². The van der Waals surface area contributed by atoms with Gasteiger partial charge in [-0.05, 0) is 42.7 Å². The molecule has 1 atom stereocenters. The van der Waals surface area contributed by atoms with E-state index < -0.39 is 0 Å². The van der Waals surface area contributed by atoms with Crippen LogP contribution in [0, 0.1) is 0 Å². The average molecular weight is 254 g/mol. The molecule has 3 heteroatoms. The van der Waals surface area contributed by atoms with E-state index in [9.17, 15) is 4.79 Å². The van der Waals surface area contributed by atoms with Crippen molar-refractivity contribution in [2.45, 2.75) is 31.8 Å². The standard InChI is InChI=1S/C16H18N2O/c1-11(16(19)18-14-8-9-14)17-15-7-6-12-4-2-3-5-13(12)10-15/h2-7,10-11,14,17H,8-9H2,1H3,(H,18,19). The summed E-state index contributed by atoms with van der Waals surface area (Å²) in [6, 6.07) is 14.6. The lowest BCUT2D eigenvalue weighted by Gasteiger charge is -2.15. The van der Waals surface area contributed by atoms with Gasteiger partial charge < -0.3 is 10.6 Å². The zero-order chi connectivity index (χ0) is 13.2. The van der Waals surface area contributed by atoms with Gasteiger partial charge in [0.15, 0.2) is 0 Å². The Hall–Kier alpha value is -2.03. The van der Waals surface area contributed by atoms with E-state index in [1.54, 1.807) is 0 Å². The molecule has 2 N–H and O–H groups in total. The number of benzene rings is 2. The molecule has 0 aromatic heterocycles. The lowest BCUT2D eigenvalue weighted by atomic mass is 10.1. The highest BCUT2D eigenvalue weighted by molar-refractivity contribution is 5.88. The Labute approximate surface area is 113 Å². The minimum absolute atomic E-state index is 0.0793. The fourth-order valence-electron chi connectivity index (χ4n) is 2.15. The lowest BCUT2D eigenvalue weighted by molar-refractivity contribution is -0.121. The summed E-state index contributed by atoms with van der Waals surface area (Å²) in [5, 5.41) is 8.66. The number of carbonyl (C=O) groups excluding carboxylic acids is 1. The van der Waals surface area contributed by atoms with Crippen LogP contribution in [0.25, 0.3) is 10.8 Å². The Balaban J connectivity index is 1.71. The van der Waals surface area contributed by atoms with Crippen molar-refractivity contribution in [2.24, 2.45) is 0 Å². The number of hydrogen-bond donors (Lipinski definition) is 2. The van der Waals surface area contributed by atoms with Crippen LogP contribution in [0.4, 0.5) is 5.69 Å². The number of fused-ring (bicyclic) bond motifs is 1. The van der Waals surface area contributed by atoms with Crippen LogP contribution in [-0.2, 0) is 4.79 Å². The van der Waals surface area contributed by atoms with Crippen LogP contribution in [0.3, 0.4) is 0 Å². The predicted octanol–water partition coefficient (Wildman–Crippen LogP) is 2.92. The third-order valence-electron chi connectivity index (χ3n) is 3.45. The van der Waals surface area contributed by atoms with Crippen molar-refractivity contribution in [3.05, 3.63) is 42.5 Å². The van der Waals surface area contributed by atoms with Gasteiger partial charge in [-0.25, -0.2) is 0 Å². The number of amides is 1. The molecular weight excluding hydrogens is 236 g/mol. The Kier molecular flexibility index (Phi) is 3.11. The molecule has 1 unspecified atom stereocenters. The van der Waals surface area contributed by atoms with Crippen molar-refractivity contribution >= 4 is 22.4 Å². The Morgan fingerprint density at radius 1 is 1.16 bits per heavy atom. The molecule has 2 aromatic carbocycles. The molecule has 1 aliphatic rings. The largest absolute Gasteiger partial charge is 0.374 e. The SMILES string of the molecule is CC(Nc1ccc2ccccc2c1)C(=O)NC1CC1. The first-order chi connectivity index (χ1) is 9.22.